The van der Waals surface area contributed by atoms with Gasteiger partial charge in [-0.05, 0) is 12.1 Å². The monoisotopic (exact) mass is 365 g/mol. The van der Waals surface area contributed by atoms with Crippen molar-refractivity contribution in [3.63, 3.8) is 0 Å². The molecule has 1 aromatic carbocycles. The van der Waals surface area contributed by atoms with Gasteiger partial charge in [-0.15, -0.1) is 0 Å². The smallest absolute Gasteiger partial charge is 0.337 e. The number of carbonyl (C=O) groups excluding carboxylic acids is 1. The van der Waals surface area contributed by atoms with Crippen molar-refractivity contribution in [1.29, 1.82) is 0 Å². The summed E-state index contributed by atoms with van der Waals surface area (Å²) in [4.78, 5) is 19.8. The quantitative estimate of drug-likeness (QED) is 0.654. The molecule has 0 bridgehead atoms. The first-order valence-corrected chi connectivity index (χ1v) is 8.57. The van der Waals surface area contributed by atoms with E-state index >= 15 is 0 Å². The molecular formula is C17H14F3N3OS. The van der Waals surface area contributed by atoms with E-state index in [1.54, 1.807) is 11.8 Å². The number of aromatic nitrogens is 2. The van der Waals surface area contributed by atoms with Crippen LogP contribution in [0.25, 0.3) is 16.2 Å². The van der Waals surface area contributed by atoms with Gasteiger partial charge in [0.2, 0.25) is 5.91 Å². The predicted molar refractivity (Wildman–Crippen MR) is 88.3 cm³/mol. The molecule has 0 fully saturated rings. The second-order valence-electron chi connectivity index (χ2n) is 6.02. The van der Waals surface area contributed by atoms with E-state index in [4.69, 9.17) is 0 Å². The zero-order valence-electron chi connectivity index (χ0n) is 13.3. The third-order valence-electron chi connectivity index (χ3n) is 4.41. The molecule has 4 nitrogen and oxygen atoms in total. The molecule has 4 rings (SSSR count). The molecule has 1 amide bonds. The lowest BCUT2D eigenvalue weighted by Gasteiger charge is -2.25. The average Bonchev–Trinajstić information content (AvgIpc) is 3.11. The van der Waals surface area contributed by atoms with E-state index < -0.39 is 11.7 Å². The Bertz CT molecular complexity index is 956. The second kappa shape index (κ2) is 5.59. The molecule has 1 aliphatic rings. The number of amides is 1. The fourth-order valence-electron chi connectivity index (χ4n) is 3.05. The van der Waals surface area contributed by atoms with E-state index in [1.807, 2.05) is 10.6 Å². The molecule has 8 heteroatoms. The molecule has 130 valence electrons. The van der Waals surface area contributed by atoms with Gasteiger partial charge in [-0.3, -0.25) is 9.20 Å². The lowest BCUT2D eigenvalue weighted by atomic mass is 10.1. The van der Waals surface area contributed by atoms with Crippen LogP contribution in [0.15, 0.2) is 30.5 Å². The summed E-state index contributed by atoms with van der Waals surface area (Å²) < 4.78 is 40.0. The maximum atomic E-state index is 12.7. The first-order valence-electron chi connectivity index (χ1n) is 7.76. The number of thiazole rings is 1. The van der Waals surface area contributed by atoms with Gasteiger partial charge in [0.25, 0.3) is 0 Å². The molecule has 2 aromatic heterocycles. The van der Waals surface area contributed by atoms with Crippen LogP contribution in [-0.4, -0.2) is 26.7 Å². The maximum absolute atomic E-state index is 12.7. The summed E-state index contributed by atoms with van der Waals surface area (Å²) in [7, 11) is 0. The number of benzene rings is 1. The number of rotatable bonds is 1. The number of nitrogens with zero attached hydrogens (tertiary/aromatic N) is 3. The second-order valence-corrected chi connectivity index (χ2v) is 7.08. The number of alkyl halides is 3. The van der Waals surface area contributed by atoms with Crippen LogP contribution in [0.3, 0.4) is 0 Å². The Morgan fingerprint density at radius 1 is 1.24 bits per heavy atom. The van der Waals surface area contributed by atoms with Crippen molar-refractivity contribution in [2.75, 3.05) is 6.54 Å². The number of imidazole rings is 1. The minimum absolute atomic E-state index is 0.0575. The largest absolute Gasteiger partial charge is 0.416 e. The highest BCUT2D eigenvalue weighted by Gasteiger charge is 2.30. The fourth-order valence-corrected chi connectivity index (χ4v) is 4.21. The van der Waals surface area contributed by atoms with Crippen LogP contribution in [0.4, 0.5) is 13.2 Å². The van der Waals surface area contributed by atoms with E-state index in [1.165, 1.54) is 23.5 Å². The van der Waals surface area contributed by atoms with Crippen molar-refractivity contribution in [3.05, 3.63) is 46.6 Å². The van der Waals surface area contributed by atoms with Crippen LogP contribution >= 0.6 is 11.3 Å². The minimum Gasteiger partial charge on any atom is -0.337 e. The van der Waals surface area contributed by atoms with E-state index in [2.05, 4.69) is 4.98 Å². The molecule has 3 aromatic rings. The normalized spacial score (nSPS) is 14.8. The minimum atomic E-state index is -4.34. The Kier molecular flexibility index (Phi) is 3.61. The standard InChI is InChI=1S/C17H14F3N3OS/c1-10(24)22-7-6-14-15(9-22)25-16-21-13(8-23(14)16)11-2-4-12(5-3-11)17(18,19)20/h2-5,8H,6-7,9H2,1H3. The molecule has 0 atom stereocenters. The number of hydrogen-bond acceptors (Lipinski definition) is 3. The zero-order valence-corrected chi connectivity index (χ0v) is 14.1. The van der Waals surface area contributed by atoms with Crippen LogP contribution in [0, 0.1) is 0 Å². The summed E-state index contributed by atoms with van der Waals surface area (Å²) in [5, 5.41) is 0. The van der Waals surface area contributed by atoms with E-state index in [0.29, 0.717) is 24.3 Å². The van der Waals surface area contributed by atoms with Crippen molar-refractivity contribution in [2.45, 2.75) is 26.1 Å². The Morgan fingerprint density at radius 3 is 2.60 bits per heavy atom. The van der Waals surface area contributed by atoms with Crippen molar-refractivity contribution < 1.29 is 18.0 Å². The Hall–Kier alpha value is -2.35. The molecule has 0 saturated heterocycles. The fraction of sp³-hybridized carbons (Fsp3) is 0.294. The number of fused-ring (bicyclic) bond motifs is 3. The van der Waals surface area contributed by atoms with Gasteiger partial charge >= 0.3 is 6.18 Å². The molecule has 1 aliphatic heterocycles. The van der Waals surface area contributed by atoms with Crippen molar-refractivity contribution in [3.8, 4) is 11.3 Å². The summed E-state index contributed by atoms with van der Waals surface area (Å²) in [6.45, 7) is 2.82. The summed E-state index contributed by atoms with van der Waals surface area (Å²) in [6.07, 6.45) is -1.73. The van der Waals surface area contributed by atoms with Gasteiger partial charge in [0.15, 0.2) is 4.96 Å². The van der Waals surface area contributed by atoms with Gasteiger partial charge in [0, 0.05) is 42.2 Å². The third kappa shape index (κ3) is 2.80. The number of hydrogen-bond donors (Lipinski definition) is 0. The van der Waals surface area contributed by atoms with Gasteiger partial charge in [0.1, 0.15) is 0 Å². The SMILES string of the molecule is CC(=O)N1CCc2c(sc3nc(-c4ccc(C(F)(F)F)cc4)cn23)C1. The lowest BCUT2D eigenvalue weighted by molar-refractivity contribution is -0.137. The topological polar surface area (TPSA) is 37.6 Å². The van der Waals surface area contributed by atoms with Crippen molar-refractivity contribution in [2.24, 2.45) is 0 Å². The molecule has 0 aliphatic carbocycles. The summed E-state index contributed by atoms with van der Waals surface area (Å²) in [5.41, 5.74) is 1.76. The third-order valence-corrected chi connectivity index (χ3v) is 5.49. The van der Waals surface area contributed by atoms with Crippen LogP contribution in [0.2, 0.25) is 0 Å². The van der Waals surface area contributed by atoms with Crippen molar-refractivity contribution >= 4 is 22.2 Å². The van der Waals surface area contributed by atoms with Crippen LogP contribution in [0.5, 0.6) is 0 Å². The summed E-state index contributed by atoms with van der Waals surface area (Å²) >= 11 is 1.52. The Morgan fingerprint density at radius 2 is 1.96 bits per heavy atom. The zero-order chi connectivity index (χ0) is 17.8. The highest BCUT2D eigenvalue weighted by atomic mass is 32.1. The van der Waals surface area contributed by atoms with Crippen LogP contribution < -0.4 is 0 Å². The molecular weight excluding hydrogens is 351 g/mol. The van der Waals surface area contributed by atoms with Crippen molar-refractivity contribution in [1.82, 2.24) is 14.3 Å². The first-order chi connectivity index (χ1) is 11.8. The molecule has 0 N–H and O–H groups in total. The van der Waals surface area contributed by atoms with E-state index in [0.717, 1.165) is 34.1 Å². The average molecular weight is 365 g/mol. The number of carbonyl (C=O) groups is 1. The van der Waals surface area contributed by atoms with Gasteiger partial charge in [-0.25, -0.2) is 4.98 Å². The summed E-state index contributed by atoms with van der Waals surface area (Å²) in [5.74, 6) is 0.0575. The van der Waals surface area contributed by atoms with Crippen LogP contribution in [0.1, 0.15) is 23.1 Å². The Balaban J connectivity index is 1.67. The molecule has 0 saturated carbocycles. The highest BCUT2D eigenvalue weighted by Crippen LogP contribution is 2.33. The van der Waals surface area contributed by atoms with Crippen LogP contribution in [-0.2, 0) is 23.9 Å². The molecule has 3 heterocycles. The van der Waals surface area contributed by atoms with E-state index in [9.17, 15) is 18.0 Å². The van der Waals surface area contributed by atoms with Gasteiger partial charge in [-0.2, -0.15) is 13.2 Å². The summed E-state index contributed by atoms with van der Waals surface area (Å²) in [6, 6.07) is 5.03. The van der Waals surface area contributed by atoms with Gasteiger partial charge in [0.05, 0.1) is 17.8 Å². The van der Waals surface area contributed by atoms with E-state index in [-0.39, 0.29) is 5.91 Å². The highest BCUT2D eigenvalue weighted by molar-refractivity contribution is 7.17. The lowest BCUT2D eigenvalue weighted by Crippen LogP contribution is -2.33. The van der Waals surface area contributed by atoms with Gasteiger partial charge in [-0.1, -0.05) is 23.5 Å². The first kappa shape index (κ1) is 16.1. The molecule has 25 heavy (non-hydrogen) atoms. The molecule has 0 radical (unpaired) electrons. The number of halogens is 3. The Labute approximate surface area is 145 Å². The molecule has 0 spiro atoms. The van der Waals surface area contributed by atoms with Gasteiger partial charge < -0.3 is 4.90 Å². The predicted octanol–water partition coefficient (Wildman–Crippen LogP) is 3.99. The maximum Gasteiger partial charge on any atom is 0.416 e. The molecule has 0 unspecified atom stereocenters.